The number of hydrogen-bond donors (Lipinski definition) is 1. The van der Waals surface area contributed by atoms with Crippen LogP contribution in [0.5, 0.6) is 0 Å². The lowest BCUT2D eigenvalue weighted by molar-refractivity contribution is 0.0965. The molecule has 2 aromatic rings. The van der Waals surface area contributed by atoms with Crippen molar-refractivity contribution in [3.05, 3.63) is 64.7 Å². The molecule has 2 aromatic carbocycles. The Morgan fingerprint density at radius 2 is 2.00 bits per heavy atom. The average Bonchev–Trinajstić information content (AvgIpc) is 2.59. The number of hydrogen-bond acceptors (Lipinski definition) is 3. The molecule has 0 saturated carbocycles. The molecule has 1 N–H and O–H groups in total. The quantitative estimate of drug-likeness (QED) is 0.723. The molecule has 0 bridgehead atoms. The topological polar surface area (TPSA) is 52.9 Å². The Balaban J connectivity index is 2.20. The maximum absolute atomic E-state index is 12.8. The number of carbonyl (C=O) groups is 1. The first-order valence-electron chi connectivity index (χ1n) is 7.70. The molecule has 0 amide bonds. The Kier molecular flexibility index (Phi) is 6.19. The van der Waals surface area contributed by atoms with Crippen LogP contribution in [0.25, 0.3) is 0 Å². The first-order chi connectivity index (χ1) is 11.1. The number of unbranched alkanes of at least 4 members (excludes halogenated alkanes) is 1. The van der Waals surface area contributed by atoms with Gasteiger partial charge in [0.15, 0.2) is 5.78 Å². The van der Waals surface area contributed by atoms with Crippen molar-refractivity contribution in [2.75, 3.05) is 5.32 Å². The molecule has 0 aliphatic rings. The molecular formula is C19H19ClN2O. The summed E-state index contributed by atoms with van der Waals surface area (Å²) in [6.07, 6.45) is 2.72. The number of halogens is 1. The van der Waals surface area contributed by atoms with Gasteiger partial charge < -0.3 is 5.32 Å². The molecule has 0 radical (unpaired) electrons. The molecule has 4 heteroatoms. The van der Waals surface area contributed by atoms with Crippen LogP contribution in [0.2, 0.25) is 5.02 Å². The third-order valence-corrected chi connectivity index (χ3v) is 3.88. The van der Waals surface area contributed by atoms with Crippen LogP contribution in [0.3, 0.4) is 0 Å². The van der Waals surface area contributed by atoms with Crippen LogP contribution in [-0.4, -0.2) is 11.8 Å². The molecule has 23 heavy (non-hydrogen) atoms. The van der Waals surface area contributed by atoms with Crippen LogP contribution in [0.4, 0.5) is 5.69 Å². The van der Waals surface area contributed by atoms with Gasteiger partial charge in [-0.25, -0.2) is 0 Å². The van der Waals surface area contributed by atoms with E-state index in [1.807, 2.05) is 12.1 Å². The van der Waals surface area contributed by atoms with E-state index in [0.717, 1.165) is 24.9 Å². The Labute approximate surface area is 141 Å². The highest BCUT2D eigenvalue weighted by atomic mass is 35.5. The number of rotatable bonds is 7. The van der Waals surface area contributed by atoms with Crippen LogP contribution < -0.4 is 5.32 Å². The van der Waals surface area contributed by atoms with E-state index in [0.29, 0.717) is 16.1 Å². The highest BCUT2D eigenvalue weighted by Crippen LogP contribution is 2.18. The minimum Gasteiger partial charge on any atom is -0.375 e. The van der Waals surface area contributed by atoms with Crippen molar-refractivity contribution in [3.63, 3.8) is 0 Å². The predicted molar refractivity (Wildman–Crippen MR) is 93.9 cm³/mol. The molecule has 118 valence electrons. The van der Waals surface area contributed by atoms with Crippen LogP contribution in [-0.2, 0) is 0 Å². The Bertz CT molecular complexity index is 704. The number of carbonyl (C=O) groups excluding carboxylic acids is 1. The predicted octanol–water partition coefficient (Wildman–Crippen LogP) is 5.07. The number of Topliss-reactive ketones (excluding diaryl/α,β-unsaturated/α-hetero) is 1. The van der Waals surface area contributed by atoms with Gasteiger partial charge >= 0.3 is 0 Å². The zero-order valence-electron chi connectivity index (χ0n) is 13.1. The fourth-order valence-electron chi connectivity index (χ4n) is 2.37. The van der Waals surface area contributed by atoms with Crippen LogP contribution in [0.15, 0.2) is 48.5 Å². The van der Waals surface area contributed by atoms with Gasteiger partial charge in [0.05, 0.1) is 17.7 Å². The van der Waals surface area contributed by atoms with Crippen molar-refractivity contribution in [2.45, 2.75) is 32.2 Å². The van der Waals surface area contributed by atoms with Crippen molar-refractivity contribution in [2.24, 2.45) is 0 Å². The highest BCUT2D eigenvalue weighted by Gasteiger charge is 2.19. The SMILES string of the molecule is CCCCC(Nc1ccc(Cl)cc1)C(=O)c1cccc(C#N)c1. The van der Waals surface area contributed by atoms with Gasteiger partial charge in [0, 0.05) is 16.3 Å². The Morgan fingerprint density at radius 3 is 2.65 bits per heavy atom. The summed E-state index contributed by atoms with van der Waals surface area (Å²) in [6, 6.07) is 15.9. The monoisotopic (exact) mass is 326 g/mol. The van der Waals surface area contributed by atoms with E-state index in [2.05, 4.69) is 18.3 Å². The molecule has 0 fully saturated rings. The van der Waals surface area contributed by atoms with E-state index in [4.69, 9.17) is 16.9 Å². The summed E-state index contributed by atoms with van der Waals surface area (Å²) >= 11 is 5.90. The molecule has 0 spiro atoms. The van der Waals surface area contributed by atoms with Crippen molar-refractivity contribution < 1.29 is 4.79 Å². The normalized spacial score (nSPS) is 11.5. The van der Waals surface area contributed by atoms with Gasteiger partial charge in [0.1, 0.15) is 0 Å². The maximum atomic E-state index is 12.8. The van der Waals surface area contributed by atoms with Gasteiger partial charge in [-0.2, -0.15) is 5.26 Å². The zero-order chi connectivity index (χ0) is 16.7. The first-order valence-corrected chi connectivity index (χ1v) is 8.08. The molecule has 1 unspecified atom stereocenters. The summed E-state index contributed by atoms with van der Waals surface area (Å²) in [5.41, 5.74) is 1.92. The molecule has 0 aliphatic heterocycles. The molecule has 2 rings (SSSR count). The zero-order valence-corrected chi connectivity index (χ0v) is 13.8. The van der Waals surface area contributed by atoms with Crippen molar-refractivity contribution >= 4 is 23.1 Å². The fourth-order valence-corrected chi connectivity index (χ4v) is 2.49. The summed E-state index contributed by atoms with van der Waals surface area (Å²) in [4.78, 5) is 12.8. The summed E-state index contributed by atoms with van der Waals surface area (Å²) in [6.45, 7) is 2.10. The van der Waals surface area contributed by atoms with Gasteiger partial charge in [0.2, 0.25) is 0 Å². The summed E-state index contributed by atoms with van der Waals surface area (Å²) in [5.74, 6) is 0.00509. The fraction of sp³-hybridized carbons (Fsp3) is 0.263. The number of nitriles is 1. The summed E-state index contributed by atoms with van der Waals surface area (Å²) < 4.78 is 0. The second-order valence-corrected chi connectivity index (χ2v) is 5.84. The molecule has 0 heterocycles. The molecular weight excluding hydrogens is 308 g/mol. The molecule has 1 atom stereocenters. The van der Waals surface area contributed by atoms with Gasteiger partial charge in [0.25, 0.3) is 0 Å². The molecule has 0 saturated heterocycles. The molecule has 0 aromatic heterocycles. The maximum Gasteiger partial charge on any atom is 0.185 e. The third-order valence-electron chi connectivity index (χ3n) is 3.62. The number of nitrogens with one attached hydrogen (secondary N) is 1. The van der Waals surface area contributed by atoms with Gasteiger partial charge in [-0.15, -0.1) is 0 Å². The van der Waals surface area contributed by atoms with Crippen molar-refractivity contribution in [3.8, 4) is 6.07 Å². The molecule has 3 nitrogen and oxygen atoms in total. The van der Waals surface area contributed by atoms with Crippen molar-refractivity contribution in [1.82, 2.24) is 0 Å². The van der Waals surface area contributed by atoms with E-state index in [1.165, 1.54) is 0 Å². The largest absolute Gasteiger partial charge is 0.375 e. The van der Waals surface area contributed by atoms with Gasteiger partial charge in [-0.1, -0.05) is 43.5 Å². The van der Waals surface area contributed by atoms with E-state index >= 15 is 0 Å². The van der Waals surface area contributed by atoms with E-state index in [9.17, 15) is 4.79 Å². The summed E-state index contributed by atoms with van der Waals surface area (Å²) in [5, 5.41) is 12.9. The standard InChI is InChI=1S/C19H19ClN2O/c1-2-3-7-18(22-17-10-8-16(20)9-11-17)19(23)15-6-4-5-14(12-15)13-21/h4-6,8-12,18,22H,2-3,7H2,1H3. The van der Waals surface area contributed by atoms with E-state index < -0.39 is 0 Å². The number of anilines is 1. The lowest BCUT2D eigenvalue weighted by atomic mass is 9.98. The highest BCUT2D eigenvalue weighted by molar-refractivity contribution is 6.30. The van der Waals surface area contributed by atoms with Crippen LogP contribution in [0.1, 0.15) is 42.1 Å². The lowest BCUT2D eigenvalue weighted by Gasteiger charge is -2.19. The summed E-state index contributed by atoms with van der Waals surface area (Å²) in [7, 11) is 0. The van der Waals surface area contributed by atoms with E-state index in [1.54, 1.807) is 36.4 Å². The van der Waals surface area contributed by atoms with Gasteiger partial charge in [-0.3, -0.25) is 4.79 Å². The van der Waals surface area contributed by atoms with Gasteiger partial charge in [-0.05, 0) is 42.8 Å². The average molecular weight is 327 g/mol. The van der Waals surface area contributed by atoms with E-state index in [-0.39, 0.29) is 11.8 Å². The second-order valence-electron chi connectivity index (χ2n) is 5.40. The Hall–Kier alpha value is -2.31. The number of nitrogens with zero attached hydrogens (tertiary/aromatic N) is 1. The third kappa shape index (κ3) is 4.84. The van der Waals surface area contributed by atoms with Crippen LogP contribution in [0, 0.1) is 11.3 Å². The minimum absolute atomic E-state index is 0.00509. The van der Waals surface area contributed by atoms with Crippen LogP contribution >= 0.6 is 11.6 Å². The minimum atomic E-state index is -0.315. The Morgan fingerprint density at radius 1 is 1.26 bits per heavy atom. The second kappa shape index (κ2) is 8.36. The molecule has 0 aliphatic carbocycles. The smallest absolute Gasteiger partial charge is 0.185 e. The first kappa shape index (κ1) is 17.1. The lowest BCUT2D eigenvalue weighted by Crippen LogP contribution is -2.29. The van der Waals surface area contributed by atoms with Crippen molar-refractivity contribution in [1.29, 1.82) is 5.26 Å². The number of ketones is 1. The number of benzene rings is 2.